The molecule has 6 nitrogen and oxygen atoms in total. The smallest absolute Gasteiger partial charge is 0.237 e. The Morgan fingerprint density at radius 3 is 2.57 bits per heavy atom. The number of nitrogens with zero attached hydrogens (tertiary/aromatic N) is 3. The van der Waals surface area contributed by atoms with Gasteiger partial charge < -0.3 is 11.1 Å². The van der Waals surface area contributed by atoms with Crippen molar-refractivity contribution in [2.75, 3.05) is 13.1 Å². The van der Waals surface area contributed by atoms with Crippen molar-refractivity contribution in [3.05, 3.63) is 10.4 Å². The van der Waals surface area contributed by atoms with E-state index in [1.165, 1.54) is 0 Å². The first-order valence-electron chi connectivity index (χ1n) is 7.94. The van der Waals surface area contributed by atoms with Crippen molar-refractivity contribution in [3.8, 4) is 0 Å². The normalized spacial score (nSPS) is 26.1. The first-order valence-corrected chi connectivity index (χ1v) is 7.94. The molecule has 1 fully saturated rings. The van der Waals surface area contributed by atoms with Gasteiger partial charge in [-0.15, -0.1) is 0 Å². The summed E-state index contributed by atoms with van der Waals surface area (Å²) in [5.41, 5.74) is 13.6. The first-order chi connectivity index (χ1) is 9.88. The lowest BCUT2D eigenvalue weighted by molar-refractivity contribution is -0.126. The van der Waals surface area contributed by atoms with Crippen LogP contribution in [0.3, 0.4) is 0 Å². The van der Waals surface area contributed by atoms with Gasteiger partial charge in [-0.2, -0.15) is 0 Å². The SMILES string of the molecule is CCC(C)(C)C1CCC(NCCCN=[N+]=[N-])(C(N)=O)CC1. The van der Waals surface area contributed by atoms with Crippen LogP contribution in [0.15, 0.2) is 5.11 Å². The predicted octanol–water partition coefficient (Wildman–Crippen LogP) is 3.13. The number of hydrogen-bond acceptors (Lipinski definition) is 3. The molecule has 21 heavy (non-hydrogen) atoms. The maximum atomic E-state index is 11.9. The molecule has 0 aliphatic heterocycles. The van der Waals surface area contributed by atoms with E-state index in [0.29, 0.717) is 24.4 Å². The molecule has 1 rings (SSSR count). The van der Waals surface area contributed by atoms with Gasteiger partial charge in [-0.25, -0.2) is 0 Å². The van der Waals surface area contributed by atoms with E-state index in [1.807, 2.05) is 0 Å². The number of azide groups is 1. The van der Waals surface area contributed by atoms with Crippen molar-refractivity contribution < 1.29 is 4.79 Å². The zero-order chi connectivity index (χ0) is 15.9. The average Bonchev–Trinajstić information content (AvgIpc) is 2.47. The van der Waals surface area contributed by atoms with Crippen LogP contribution in [0.2, 0.25) is 0 Å². The fourth-order valence-corrected chi connectivity index (χ4v) is 3.21. The van der Waals surface area contributed by atoms with E-state index in [2.05, 4.69) is 36.1 Å². The van der Waals surface area contributed by atoms with E-state index in [-0.39, 0.29) is 5.91 Å². The summed E-state index contributed by atoms with van der Waals surface area (Å²) in [4.78, 5) is 14.6. The van der Waals surface area contributed by atoms with Crippen LogP contribution in [-0.4, -0.2) is 24.5 Å². The summed E-state index contributed by atoms with van der Waals surface area (Å²) in [6.07, 6.45) is 5.56. The minimum Gasteiger partial charge on any atom is -0.368 e. The maximum Gasteiger partial charge on any atom is 0.237 e. The number of carbonyl (C=O) groups is 1. The molecule has 0 atom stereocenters. The lowest BCUT2D eigenvalue weighted by Gasteiger charge is -2.44. The van der Waals surface area contributed by atoms with Gasteiger partial charge in [0.2, 0.25) is 5.91 Å². The molecule has 1 aliphatic rings. The van der Waals surface area contributed by atoms with Crippen molar-refractivity contribution in [2.24, 2.45) is 22.2 Å². The van der Waals surface area contributed by atoms with Crippen molar-refractivity contribution in [1.82, 2.24) is 5.32 Å². The topological polar surface area (TPSA) is 104 Å². The monoisotopic (exact) mass is 295 g/mol. The highest BCUT2D eigenvalue weighted by Crippen LogP contribution is 2.43. The van der Waals surface area contributed by atoms with Crippen LogP contribution >= 0.6 is 0 Å². The molecular formula is C15H29N5O. The highest BCUT2D eigenvalue weighted by molar-refractivity contribution is 5.84. The van der Waals surface area contributed by atoms with Gasteiger partial charge in [-0.05, 0) is 55.5 Å². The fourth-order valence-electron chi connectivity index (χ4n) is 3.21. The first kappa shape index (κ1) is 17.8. The molecular weight excluding hydrogens is 266 g/mol. The quantitative estimate of drug-likeness (QED) is 0.311. The Hall–Kier alpha value is -1.26. The van der Waals surface area contributed by atoms with Gasteiger partial charge in [0, 0.05) is 11.5 Å². The van der Waals surface area contributed by atoms with Crippen LogP contribution in [0, 0.1) is 11.3 Å². The third kappa shape index (κ3) is 4.61. The lowest BCUT2D eigenvalue weighted by atomic mass is 9.65. The number of rotatable bonds is 8. The molecule has 0 spiro atoms. The average molecular weight is 295 g/mol. The van der Waals surface area contributed by atoms with Crippen molar-refractivity contribution in [1.29, 1.82) is 0 Å². The van der Waals surface area contributed by atoms with Gasteiger partial charge in [-0.3, -0.25) is 4.79 Å². The van der Waals surface area contributed by atoms with E-state index in [4.69, 9.17) is 11.3 Å². The summed E-state index contributed by atoms with van der Waals surface area (Å²) in [7, 11) is 0. The molecule has 0 aromatic heterocycles. The van der Waals surface area contributed by atoms with Crippen molar-refractivity contribution in [3.63, 3.8) is 0 Å². The van der Waals surface area contributed by atoms with Crippen LogP contribution < -0.4 is 11.1 Å². The largest absolute Gasteiger partial charge is 0.368 e. The second kappa shape index (κ2) is 7.66. The molecule has 1 amide bonds. The summed E-state index contributed by atoms with van der Waals surface area (Å²) in [6, 6.07) is 0. The molecule has 3 N–H and O–H groups in total. The van der Waals surface area contributed by atoms with Gasteiger partial charge >= 0.3 is 0 Å². The summed E-state index contributed by atoms with van der Waals surface area (Å²) >= 11 is 0. The van der Waals surface area contributed by atoms with Crippen molar-refractivity contribution >= 4 is 5.91 Å². The Kier molecular flexibility index (Phi) is 6.49. The third-order valence-electron chi connectivity index (χ3n) is 5.29. The zero-order valence-electron chi connectivity index (χ0n) is 13.6. The molecule has 0 unspecified atom stereocenters. The standard InChI is InChI=1S/C15H29N5O/c1-4-14(2,3)12-6-8-15(9-7-12,13(16)21)18-10-5-11-19-20-17/h12,18H,4-11H2,1-3H3,(H2,16,21). The Bertz CT molecular complexity index is 393. The number of hydrogen-bond donors (Lipinski definition) is 2. The van der Waals surface area contributed by atoms with Gasteiger partial charge in [0.15, 0.2) is 0 Å². The predicted molar refractivity (Wildman–Crippen MR) is 84.6 cm³/mol. The highest BCUT2D eigenvalue weighted by Gasteiger charge is 2.42. The van der Waals surface area contributed by atoms with Crippen LogP contribution in [0.25, 0.3) is 10.4 Å². The van der Waals surface area contributed by atoms with E-state index in [0.717, 1.165) is 38.5 Å². The molecule has 1 saturated carbocycles. The summed E-state index contributed by atoms with van der Waals surface area (Å²) in [6.45, 7) is 7.95. The van der Waals surface area contributed by atoms with Crippen molar-refractivity contribution in [2.45, 2.75) is 64.8 Å². The Morgan fingerprint density at radius 2 is 2.10 bits per heavy atom. The molecule has 120 valence electrons. The van der Waals surface area contributed by atoms with E-state index < -0.39 is 5.54 Å². The minimum atomic E-state index is -0.573. The highest BCUT2D eigenvalue weighted by atomic mass is 16.1. The maximum absolute atomic E-state index is 11.9. The van der Waals surface area contributed by atoms with Crippen LogP contribution in [0.5, 0.6) is 0 Å². The fraction of sp³-hybridized carbons (Fsp3) is 0.933. The molecule has 0 heterocycles. The Labute approximate surface area is 127 Å². The molecule has 6 heteroatoms. The number of amides is 1. The summed E-state index contributed by atoms with van der Waals surface area (Å²) < 4.78 is 0. The van der Waals surface area contributed by atoms with Crippen LogP contribution in [0.1, 0.15) is 59.3 Å². The van der Waals surface area contributed by atoms with Gasteiger partial charge in [0.1, 0.15) is 0 Å². The second-order valence-electron chi connectivity index (χ2n) is 6.80. The Morgan fingerprint density at radius 1 is 1.48 bits per heavy atom. The molecule has 1 aliphatic carbocycles. The molecule has 0 aromatic carbocycles. The number of nitrogens with two attached hydrogens (primary N) is 1. The molecule has 0 aromatic rings. The Balaban J connectivity index is 2.56. The number of carbonyl (C=O) groups excluding carboxylic acids is 1. The van der Waals surface area contributed by atoms with Gasteiger partial charge in [-0.1, -0.05) is 32.3 Å². The molecule has 0 radical (unpaired) electrons. The molecule has 0 saturated heterocycles. The van der Waals surface area contributed by atoms with Gasteiger partial charge in [0.25, 0.3) is 0 Å². The van der Waals surface area contributed by atoms with E-state index in [1.54, 1.807) is 0 Å². The summed E-state index contributed by atoms with van der Waals surface area (Å²) in [5.74, 6) is 0.402. The zero-order valence-corrected chi connectivity index (χ0v) is 13.6. The number of nitrogens with one attached hydrogen (secondary N) is 1. The van der Waals surface area contributed by atoms with E-state index >= 15 is 0 Å². The number of primary amides is 1. The van der Waals surface area contributed by atoms with E-state index in [9.17, 15) is 4.79 Å². The van der Waals surface area contributed by atoms with Crippen LogP contribution in [-0.2, 0) is 4.79 Å². The minimum absolute atomic E-state index is 0.251. The van der Waals surface area contributed by atoms with Crippen LogP contribution in [0.4, 0.5) is 0 Å². The van der Waals surface area contributed by atoms with Gasteiger partial charge in [0.05, 0.1) is 5.54 Å². The molecule has 0 bridgehead atoms. The lowest BCUT2D eigenvalue weighted by Crippen LogP contribution is -2.58. The second-order valence-corrected chi connectivity index (χ2v) is 6.80. The third-order valence-corrected chi connectivity index (χ3v) is 5.29. The summed E-state index contributed by atoms with van der Waals surface area (Å²) in [5, 5.41) is 6.83.